The van der Waals surface area contributed by atoms with Gasteiger partial charge in [0.1, 0.15) is 18.1 Å². The fourth-order valence-electron chi connectivity index (χ4n) is 2.06. The highest BCUT2D eigenvalue weighted by molar-refractivity contribution is 7.91. The molecule has 0 aliphatic rings. The first-order valence-corrected chi connectivity index (χ1v) is 10.0. The van der Waals surface area contributed by atoms with Gasteiger partial charge in [0, 0.05) is 0 Å². The van der Waals surface area contributed by atoms with E-state index >= 15 is 0 Å². The minimum absolute atomic E-state index is 0.218. The minimum Gasteiger partial charge on any atom is -0.492 e. The number of para-hydroxylation sites is 1. The highest BCUT2D eigenvalue weighted by atomic mass is 35.5. The van der Waals surface area contributed by atoms with Crippen LogP contribution in [0.2, 0.25) is 10.0 Å². The number of hydrogen-bond donors (Lipinski definition) is 1. The van der Waals surface area contributed by atoms with Crippen molar-refractivity contribution >= 4 is 38.9 Å². The lowest BCUT2D eigenvalue weighted by Gasteiger charge is -2.08. The summed E-state index contributed by atoms with van der Waals surface area (Å²) in [6.07, 6.45) is 0. The van der Waals surface area contributed by atoms with Gasteiger partial charge in [-0.1, -0.05) is 47.5 Å². The van der Waals surface area contributed by atoms with Gasteiger partial charge in [-0.2, -0.15) is 0 Å². The van der Waals surface area contributed by atoms with Crippen molar-refractivity contribution in [1.82, 2.24) is 5.32 Å². The normalized spacial score (nSPS) is 11.1. The van der Waals surface area contributed by atoms with Crippen LogP contribution >= 0.6 is 23.2 Å². The molecule has 8 heteroatoms. The molecule has 0 saturated heterocycles. The average Bonchev–Trinajstić information content (AvgIpc) is 2.55. The maximum Gasteiger partial charge on any atom is 0.235 e. The van der Waals surface area contributed by atoms with Gasteiger partial charge in [0.25, 0.3) is 0 Å². The fourth-order valence-corrected chi connectivity index (χ4v) is 3.67. The van der Waals surface area contributed by atoms with E-state index in [1.54, 1.807) is 18.2 Å². The first kappa shape index (κ1) is 19.6. The second-order valence-electron chi connectivity index (χ2n) is 5.29. The zero-order valence-corrected chi connectivity index (χ0v) is 15.6. The number of rotatable bonds is 8. The van der Waals surface area contributed by atoms with Crippen molar-refractivity contribution in [2.45, 2.75) is 5.75 Å². The molecule has 1 amide bonds. The van der Waals surface area contributed by atoms with E-state index in [0.717, 1.165) is 0 Å². The number of hydrogen-bond acceptors (Lipinski definition) is 4. The number of carbonyl (C=O) groups excluding carboxylic acids is 1. The van der Waals surface area contributed by atoms with Crippen LogP contribution in [-0.2, 0) is 20.4 Å². The van der Waals surface area contributed by atoms with Gasteiger partial charge in [-0.15, -0.1) is 0 Å². The van der Waals surface area contributed by atoms with Crippen molar-refractivity contribution in [3.05, 3.63) is 64.1 Å². The van der Waals surface area contributed by atoms with Gasteiger partial charge in [0.05, 0.1) is 22.3 Å². The number of halogens is 2. The first-order valence-electron chi connectivity index (χ1n) is 7.44. The Balaban J connectivity index is 1.77. The molecule has 25 heavy (non-hydrogen) atoms. The fraction of sp³-hybridized carbons (Fsp3) is 0.235. The Bertz CT molecular complexity index is 826. The molecule has 0 aliphatic heterocycles. The molecule has 0 saturated carbocycles. The van der Waals surface area contributed by atoms with E-state index in [1.807, 2.05) is 18.2 Å². The smallest absolute Gasteiger partial charge is 0.235 e. The average molecular weight is 402 g/mol. The van der Waals surface area contributed by atoms with Gasteiger partial charge in [-0.25, -0.2) is 8.42 Å². The van der Waals surface area contributed by atoms with E-state index in [2.05, 4.69) is 5.32 Å². The molecule has 0 spiro atoms. The number of benzene rings is 2. The molecular formula is C17H17Cl2NO4S. The molecule has 0 aliphatic carbocycles. The Labute approximate surface area is 156 Å². The van der Waals surface area contributed by atoms with Crippen LogP contribution in [0.25, 0.3) is 0 Å². The highest BCUT2D eigenvalue weighted by Gasteiger charge is 2.17. The van der Waals surface area contributed by atoms with Crippen LogP contribution in [0.4, 0.5) is 0 Å². The molecule has 0 radical (unpaired) electrons. The molecule has 0 aromatic heterocycles. The third-order valence-electron chi connectivity index (χ3n) is 3.16. The third kappa shape index (κ3) is 6.94. The Hall–Kier alpha value is -1.76. The van der Waals surface area contributed by atoms with Gasteiger partial charge < -0.3 is 10.1 Å². The van der Waals surface area contributed by atoms with Crippen LogP contribution in [-0.4, -0.2) is 33.2 Å². The van der Waals surface area contributed by atoms with E-state index in [-0.39, 0.29) is 23.9 Å². The molecule has 1 N–H and O–H groups in total. The Morgan fingerprint density at radius 3 is 2.44 bits per heavy atom. The predicted octanol–water partition coefficient (Wildman–Crippen LogP) is 3.10. The van der Waals surface area contributed by atoms with Crippen molar-refractivity contribution in [1.29, 1.82) is 0 Å². The van der Waals surface area contributed by atoms with E-state index in [0.29, 0.717) is 16.3 Å². The molecule has 0 fully saturated rings. The Morgan fingerprint density at radius 2 is 1.76 bits per heavy atom. The molecule has 2 aromatic carbocycles. The van der Waals surface area contributed by atoms with Crippen molar-refractivity contribution in [3.8, 4) is 5.75 Å². The zero-order valence-electron chi connectivity index (χ0n) is 13.2. The van der Waals surface area contributed by atoms with Crippen molar-refractivity contribution in [2.75, 3.05) is 18.9 Å². The number of carbonyl (C=O) groups is 1. The molecule has 2 rings (SSSR count). The van der Waals surface area contributed by atoms with E-state index in [9.17, 15) is 13.2 Å². The molecule has 0 bridgehead atoms. The summed E-state index contributed by atoms with van der Waals surface area (Å²) < 4.78 is 29.6. The minimum atomic E-state index is -3.61. The van der Waals surface area contributed by atoms with Crippen LogP contribution < -0.4 is 10.1 Å². The molecule has 2 aromatic rings. The van der Waals surface area contributed by atoms with Crippen LogP contribution in [0, 0.1) is 0 Å². The van der Waals surface area contributed by atoms with E-state index in [4.69, 9.17) is 27.9 Å². The quantitative estimate of drug-likeness (QED) is 0.689. The maximum atomic E-state index is 12.1. The van der Waals surface area contributed by atoms with E-state index in [1.165, 1.54) is 12.1 Å². The number of nitrogens with one attached hydrogen (secondary N) is 1. The summed E-state index contributed by atoms with van der Waals surface area (Å²) in [5.41, 5.74) is 0.481. The second-order valence-corrected chi connectivity index (χ2v) is 8.17. The van der Waals surface area contributed by atoms with Crippen LogP contribution in [0.5, 0.6) is 5.75 Å². The number of ether oxygens (including phenoxy) is 1. The molecule has 5 nitrogen and oxygen atoms in total. The molecule has 0 atom stereocenters. The predicted molar refractivity (Wildman–Crippen MR) is 98.9 cm³/mol. The van der Waals surface area contributed by atoms with Gasteiger partial charge in [0.15, 0.2) is 9.84 Å². The molecule has 0 unspecified atom stereocenters. The number of sulfone groups is 1. The van der Waals surface area contributed by atoms with Crippen LogP contribution in [0.15, 0.2) is 48.5 Å². The lowest BCUT2D eigenvalue weighted by molar-refractivity contribution is -0.118. The second kappa shape index (κ2) is 9.08. The van der Waals surface area contributed by atoms with Crippen LogP contribution in [0.1, 0.15) is 5.56 Å². The van der Waals surface area contributed by atoms with Gasteiger partial charge >= 0.3 is 0 Å². The van der Waals surface area contributed by atoms with Gasteiger partial charge in [-0.3, -0.25) is 4.79 Å². The maximum absolute atomic E-state index is 12.1. The van der Waals surface area contributed by atoms with Crippen molar-refractivity contribution < 1.29 is 17.9 Å². The standard InChI is InChI=1S/C17H17Cl2NO4S/c18-15-7-6-13(10-16(15)19)11-25(22,23)12-17(21)20-8-9-24-14-4-2-1-3-5-14/h1-7,10H,8-9,11-12H2,(H,20,21). The summed E-state index contributed by atoms with van der Waals surface area (Å²) in [5, 5.41) is 3.15. The molecular weight excluding hydrogens is 385 g/mol. The zero-order chi connectivity index (χ0) is 18.3. The Morgan fingerprint density at radius 1 is 1.04 bits per heavy atom. The SMILES string of the molecule is O=C(CS(=O)(=O)Cc1ccc(Cl)c(Cl)c1)NCCOc1ccccc1. The topological polar surface area (TPSA) is 72.5 Å². The molecule has 0 heterocycles. The van der Waals surface area contributed by atoms with Crippen LogP contribution in [0.3, 0.4) is 0 Å². The first-order chi connectivity index (χ1) is 11.9. The molecule has 134 valence electrons. The van der Waals surface area contributed by atoms with E-state index < -0.39 is 21.5 Å². The summed E-state index contributed by atoms with van der Waals surface area (Å²) in [6, 6.07) is 13.7. The summed E-state index contributed by atoms with van der Waals surface area (Å²) in [4.78, 5) is 11.8. The highest BCUT2D eigenvalue weighted by Crippen LogP contribution is 2.23. The monoisotopic (exact) mass is 401 g/mol. The summed E-state index contributed by atoms with van der Waals surface area (Å²) >= 11 is 11.7. The third-order valence-corrected chi connectivity index (χ3v) is 5.37. The largest absolute Gasteiger partial charge is 0.492 e. The summed E-state index contributed by atoms with van der Waals surface area (Å²) in [6.45, 7) is 0.471. The lowest BCUT2D eigenvalue weighted by atomic mass is 10.2. The summed E-state index contributed by atoms with van der Waals surface area (Å²) in [7, 11) is -3.61. The van der Waals surface area contributed by atoms with Crippen molar-refractivity contribution in [2.24, 2.45) is 0 Å². The van der Waals surface area contributed by atoms with Gasteiger partial charge in [-0.05, 0) is 29.8 Å². The number of amides is 1. The van der Waals surface area contributed by atoms with Crippen molar-refractivity contribution in [3.63, 3.8) is 0 Å². The summed E-state index contributed by atoms with van der Waals surface area (Å²) in [5.74, 6) is -0.767. The lowest BCUT2D eigenvalue weighted by Crippen LogP contribution is -2.33. The Kier molecular flexibility index (Phi) is 7.11. The van der Waals surface area contributed by atoms with Gasteiger partial charge in [0.2, 0.25) is 5.91 Å².